The molecule has 2 heterocycles. The molecule has 0 N–H and O–H groups in total. The number of hydrogen-bond acceptors (Lipinski definition) is 3. The molecule has 0 amide bonds. The van der Waals surface area contributed by atoms with Gasteiger partial charge in [0, 0.05) is 28.5 Å². The first-order valence-corrected chi connectivity index (χ1v) is 14.0. The molecule has 5 heteroatoms. The van der Waals surface area contributed by atoms with Gasteiger partial charge in [-0.2, -0.15) is 0 Å². The summed E-state index contributed by atoms with van der Waals surface area (Å²) in [6, 6.07) is 42.4. The minimum atomic E-state index is -3.16. The van der Waals surface area contributed by atoms with E-state index < -0.39 is 7.14 Å². The first kappa shape index (κ1) is 21.8. The van der Waals surface area contributed by atoms with E-state index in [9.17, 15) is 0 Å². The third kappa shape index (κ3) is 3.23. The van der Waals surface area contributed by atoms with Crippen LogP contribution in [0.1, 0.15) is 0 Å². The van der Waals surface area contributed by atoms with Crippen molar-refractivity contribution in [1.82, 2.24) is 9.55 Å². The lowest BCUT2D eigenvalue weighted by atomic mass is 10.1. The van der Waals surface area contributed by atoms with Crippen molar-refractivity contribution in [2.24, 2.45) is 0 Å². The second-order valence-corrected chi connectivity index (χ2v) is 12.1. The van der Waals surface area contributed by atoms with Crippen LogP contribution in [0.3, 0.4) is 0 Å². The van der Waals surface area contributed by atoms with Crippen LogP contribution in [0.4, 0.5) is 11.4 Å². The van der Waals surface area contributed by atoms with Crippen LogP contribution >= 0.6 is 7.14 Å². The molecule has 0 saturated heterocycles. The fourth-order valence-corrected chi connectivity index (χ4v) is 8.10. The van der Waals surface area contributed by atoms with Crippen molar-refractivity contribution in [3.05, 3.63) is 127 Å². The summed E-state index contributed by atoms with van der Waals surface area (Å²) < 4.78 is 17.5. The first-order chi connectivity index (χ1) is 18.2. The Morgan fingerprint density at radius 3 is 1.76 bits per heavy atom. The molecule has 0 aliphatic carbocycles. The highest BCUT2D eigenvalue weighted by atomic mass is 31.2. The zero-order chi connectivity index (χ0) is 25.0. The van der Waals surface area contributed by atoms with Crippen molar-refractivity contribution in [1.29, 1.82) is 0 Å². The van der Waals surface area contributed by atoms with E-state index in [1.54, 1.807) is 0 Å². The predicted molar refractivity (Wildman–Crippen MR) is 154 cm³/mol. The van der Waals surface area contributed by atoms with Gasteiger partial charge in [0.1, 0.15) is 5.82 Å². The van der Waals surface area contributed by atoms with Crippen molar-refractivity contribution in [3.8, 4) is 17.1 Å². The Labute approximate surface area is 215 Å². The summed E-state index contributed by atoms with van der Waals surface area (Å²) in [7, 11) is -1.09. The molecule has 5 aromatic carbocycles. The van der Waals surface area contributed by atoms with Gasteiger partial charge in [0.15, 0.2) is 7.14 Å². The van der Waals surface area contributed by atoms with Crippen LogP contribution < -0.4 is 20.8 Å². The van der Waals surface area contributed by atoms with Gasteiger partial charge in [0.25, 0.3) is 0 Å². The van der Waals surface area contributed by atoms with Crippen LogP contribution in [0.5, 0.6) is 0 Å². The lowest BCUT2D eigenvalue weighted by Crippen LogP contribution is -2.27. The van der Waals surface area contributed by atoms with Gasteiger partial charge < -0.3 is 9.46 Å². The standard InChI is InChI=1S/C32H24N3OP/c1-34-28-19-11-12-20-29(28)35-31-27(33-32(35)23-13-5-2-6-14-23)21-26(22-30(31)34)37(36,24-15-7-3-8-16-24)25-17-9-4-10-18-25/h2-22H,1H3. The van der Waals surface area contributed by atoms with Crippen LogP contribution in [0.2, 0.25) is 0 Å². The number of benzene rings is 5. The summed E-state index contributed by atoms with van der Waals surface area (Å²) in [5, 5.41) is 2.41. The second-order valence-electron chi connectivity index (χ2n) is 9.30. The maximum atomic E-state index is 15.2. The van der Waals surface area contributed by atoms with E-state index in [1.807, 2.05) is 84.9 Å². The van der Waals surface area contributed by atoms with Crippen LogP contribution in [-0.2, 0) is 4.57 Å². The number of imidazole rings is 1. The summed E-state index contributed by atoms with van der Waals surface area (Å²) in [5.41, 5.74) is 6.06. The Morgan fingerprint density at radius 1 is 0.595 bits per heavy atom. The first-order valence-electron chi connectivity index (χ1n) is 12.3. The van der Waals surface area contributed by atoms with Crippen molar-refractivity contribution < 1.29 is 4.57 Å². The maximum Gasteiger partial charge on any atom is 0.171 e. The van der Waals surface area contributed by atoms with Crippen LogP contribution in [0.15, 0.2) is 127 Å². The molecular weight excluding hydrogens is 473 g/mol. The monoisotopic (exact) mass is 497 g/mol. The fourth-order valence-electron chi connectivity index (χ4n) is 5.42. The molecule has 37 heavy (non-hydrogen) atoms. The van der Waals surface area contributed by atoms with Crippen LogP contribution in [0, 0.1) is 0 Å². The molecule has 0 saturated carbocycles. The Morgan fingerprint density at radius 2 is 1.14 bits per heavy atom. The number of aromatic nitrogens is 2. The average Bonchev–Trinajstić information content (AvgIpc) is 3.37. The minimum Gasteiger partial charge on any atom is -0.341 e. The zero-order valence-electron chi connectivity index (χ0n) is 20.3. The van der Waals surface area contributed by atoms with Gasteiger partial charge in [0.2, 0.25) is 0 Å². The highest BCUT2D eigenvalue weighted by molar-refractivity contribution is 7.85. The molecule has 1 aliphatic rings. The average molecular weight is 498 g/mol. The van der Waals surface area contributed by atoms with Gasteiger partial charge in [0.05, 0.1) is 28.1 Å². The van der Waals surface area contributed by atoms with E-state index in [1.165, 1.54) is 0 Å². The van der Waals surface area contributed by atoms with Gasteiger partial charge in [-0.05, 0) is 24.3 Å². The fraction of sp³-hybridized carbons (Fsp3) is 0.0312. The molecule has 0 unspecified atom stereocenters. The number of para-hydroxylation sites is 2. The predicted octanol–water partition coefficient (Wildman–Crippen LogP) is 6.41. The van der Waals surface area contributed by atoms with Gasteiger partial charge in [-0.15, -0.1) is 0 Å². The molecule has 0 spiro atoms. The minimum absolute atomic E-state index is 0.780. The summed E-state index contributed by atoms with van der Waals surface area (Å²) >= 11 is 0. The Hall–Kier alpha value is -4.40. The molecule has 4 nitrogen and oxygen atoms in total. The van der Waals surface area contributed by atoms with Crippen molar-refractivity contribution in [2.45, 2.75) is 0 Å². The summed E-state index contributed by atoms with van der Waals surface area (Å²) in [5.74, 6) is 0.879. The molecule has 178 valence electrons. The summed E-state index contributed by atoms with van der Waals surface area (Å²) in [6.07, 6.45) is 0. The lowest BCUT2D eigenvalue weighted by molar-refractivity contribution is 0.592. The molecule has 0 fully saturated rings. The van der Waals surface area contributed by atoms with Gasteiger partial charge in [-0.1, -0.05) is 103 Å². The summed E-state index contributed by atoms with van der Waals surface area (Å²) in [4.78, 5) is 7.36. The number of fused-ring (bicyclic) bond motifs is 2. The molecule has 0 bridgehead atoms. The normalized spacial score (nSPS) is 12.5. The third-order valence-corrected chi connectivity index (χ3v) is 10.2. The second kappa shape index (κ2) is 8.33. The van der Waals surface area contributed by atoms with Gasteiger partial charge >= 0.3 is 0 Å². The van der Waals surface area contributed by atoms with E-state index in [4.69, 9.17) is 4.98 Å². The Bertz CT molecular complexity index is 1770. The smallest absolute Gasteiger partial charge is 0.171 e. The Kier molecular flexibility index (Phi) is 4.92. The number of hydrogen-bond donors (Lipinski definition) is 0. The van der Waals surface area contributed by atoms with Crippen LogP contribution in [0.25, 0.3) is 28.1 Å². The molecule has 7 rings (SSSR count). The Balaban J connectivity index is 1.58. The van der Waals surface area contributed by atoms with Crippen molar-refractivity contribution >= 4 is 45.5 Å². The van der Waals surface area contributed by atoms with E-state index in [0.717, 1.165) is 55.4 Å². The largest absolute Gasteiger partial charge is 0.341 e. The quantitative estimate of drug-likeness (QED) is 0.264. The number of anilines is 2. The van der Waals surface area contributed by atoms with Gasteiger partial charge in [-0.3, -0.25) is 4.57 Å². The topological polar surface area (TPSA) is 38.1 Å². The molecule has 6 aromatic rings. The SMILES string of the molecule is CN1c2ccccc2-n2c(-c3ccccc3)nc3cc(P(=O)(c4ccccc4)c4ccccc4)cc1c32. The molecular formula is C32H24N3OP. The lowest BCUT2D eigenvalue weighted by Gasteiger charge is -2.31. The molecule has 0 radical (unpaired) electrons. The van der Waals surface area contributed by atoms with E-state index in [-0.39, 0.29) is 0 Å². The number of nitrogens with zero attached hydrogens (tertiary/aromatic N) is 3. The maximum absolute atomic E-state index is 15.2. The van der Waals surface area contributed by atoms with Gasteiger partial charge in [-0.25, -0.2) is 4.98 Å². The number of rotatable bonds is 4. The highest BCUT2D eigenvalue weighted by Gasteiger charge is 2.34. The van der Waals surface area contributed by atoms with E-state index >= 15 is 4.57 Å². The van der Waals surface area contributed by atoms with Crippen molar-refractivity contribution in [3.63, 3.8) is 0 Å². The van der Waals surface area contributed by atoms with Crippen molar-refractivity contribution in [2.75, 3.05) is 11.9 Å². The molecule has 1 aromatic heterocycles. The van der Waals surface area contributed by atoms with E-state index in [2.05, 4.69) is 59.0 Å². The highest BCUT2D eigenvalue weighted by Crippen LogP contribution is 2.48. The van der Waals surface area contributed by atoms with E-state index in [0.29, 0.717) is 0 Å². The third-order valence-electron chi connectivity index (χ3n) is 7.20. The van der Waals surface area contributed by atoms with Crippen LogP contribution in [-0.4, -0.2) is 16.6 Å². The molecule has 1 aliphatic heterocycles. The molecule has 0 atom stereocenters. The summed E-state index contributed by atoms with van der Waals surface area (Å²) in [6.45, 7) is 0. The zero-order valence-corrected chi connectivity index (χ0v) is 21.2.